The van der Waals surface area contributed by atoms with Gasteiger partial charge < -0.3 is 10.1 Å². The molecule has 1 aliphatic rings. The van der Waals surface area contributed by atoms with Crippen LogP contribution in [-0.2, 0) is 13.0 Å². The molecule has 1 aromatic carbocycles. The highest BCUT2D eigenvalue weighted by Crippen LogP contribution is 2.31. The Morgan fingerprint density at radius 1 is 1.35 bits per heavy atom. The first-order valence-electron chi connectivity index (χ1n) is 7.36. The summed E-state index contributed by atoms with van der Waals surface area (Å²) >= 11 is 1.63. The predicted octanol–water partition coefficient (Wildman–Crippen LogP) is 3.26. The zero-order chi connectivity index (χ0) is 16.1. The number of benzene rings is 1. The fourth-order valence-corrected chi connectivity index (χ4v) is 4.08. The van der Waals surface area contributed by atoms with Crippen molar-refractivity contribution in [3.63, 3.8) is 0 Å². The second-order valence-corrected chi connectivity index (χ2v) is 7.06. The Morgan fingerprint density at radius 3 is 3.00 bits per heavy atom. The van der Waals surface area contributed by atoms with E-state index in [4.69, 9.17) is 0 Å². The number of aliphatic hydroxyl groups is 1. The third kappa shape index (κ3) is 2.54. The number of nitrogens with zero attached hydrogens (tertiary/aromatic N) is 2. The second kappa shape index (κ2) is 5.36. The minimum Gasteiger partial charge on any atom is -0.373 e. The molecule has 3 heterocycles. The van der Waals surface area contributed by atoms with Crippen LogP contribution in [0.2, 0.25) is 0 Å². The van der Waals surface area contributed by atoms with Crippen molar-refractivity contribution in [1.29, 1.82) is 0 Å². The smallest absolute Gasteiger partial charge is 0.150 e. The molecule has 2 aromatic heterocycles. The van der Waals surface area contributed by atoms with E-state index in [1.54, 1.807) is 17.4 Å². The van der Waals surface area contributed by atoms with Crippen LogP contribution in [0.15, 0.2) is 18.2 Å². The summed E-state index contributed by atoms with van der Waals surface area (Å²) in [7, 11) is 0. The molecule has 0 saturated carbocycles. The normalized spacial score (nSPS) is 16.7. The van der Waals surface area contributed by atoms with Crippen LogP contribution in [0.25, 0.3) is 10.9 Å². The Kier molecular flexibility index (Phi) is 3.44. The van der Waals surface area contributed by atoms with Gasteiger partial charge in [0.25, 0.3) is 0 Å². The number of hydrogen-bond acceptors (Lipinski definition) is 4. The quantitative estimate of drug-likeness (QED) is 0.756. The maximum Gasteiger partial charge on any atom is 0.150 e. The number of fused-ring (bicyclic) bond motifs is 2. The number of H-pyrrole nitrogens is 1. The molecule has 2 N–H and O–H groups in total. The summed E-state index contributed by atoms with van der Waals surface area (Å²) in [5.41, 5.74) is 1.78. The number of rotatable bonds is 2. The monoisotopic (exact) mass is 335 g/mol. The number of aliphatic hydroxyl groups excluding tert-OH is 1. The first-order chi connectivity index (χ1) is 11.0. The van der Waals surface area contributed by atoms with E-state index in [1.807, 2.05) is 11.8 Å². The third-order valence-corrected chi connectivity index (χ3v) is 5.16. The third-order valence-electron chi connectivity index (χ3n) is 4.16. The van der Waals surface area contributed by atoms with Crippen molar-refractivity contribution < 1.29 is 13.9 Å². The Hall–Kier alpha value is -1.83. The van der Waals surface area contributed by atoms with Gasteiger partial charge in [-0.3, -0.25) is 4.90 Å². The molecule has 0 spiro atoms. The molecule has 4 nitrogen and oxygen atoms in total. The lowest BCUT2D eigenvalue weighted by molar-refractivity contribution is -0.00986. The van der Waals surface area contributed by atoms with Crippen molar-refractivity contribution in [2.45, 2.75) is 26.1 Å². The van der Waals surface area contributed by atoms with Crippen molar-refractivity contribution in [2.75, 3.05) is 6.54 Å². The summed E-state index contributed by atoms with van der Waals surface area (Å²) in [5, 5.41) is 12.0. The lowest BCUT2D eigenvalue weighted by atomic mass is 10.1. The van der Waals surface area contributed by atoms with Crippen LogP contribution in [0.5, 0.6) is 0 Å². The van der Waals surface area contributed by atoms with Gasteiger partial charge in [-0.1, -0.05) is 0 Å². The van der Waals surface area contributed by atoms with Gasteiger partial charge in [-0.2, -0.15) is 0 Å². The van der Waals surface area contributed by atoms with Crippen LogP contribution < -0.4 is 0 Å². The van der Waals surface area contributed by atoms with Gasteiger partial charge in [0.2, 0.25) is 0 Å². The molecule has 23 heavy (non-hydrogen) atoms. The van der Waals surface area contributed by atoms with E-state index in [1.165, 1.54) is 6.07 Å². The fraction of sp³-hybridized carbons (Fsp3) is 0.312. The maximum absolute atomic E-state index is 13.8. The molecule has 1 atom stereocenters. The van der Waals surface area contributed by atoms with Crippen LogP contribution in [0, 0.1) is 18.6 Å². The maximum atomic E-state index is 13.8. The number of aryl methyl sites for hydroxylation is 1. The molecule has 120 valence electrons. The fourth-order valence-electron chi connectivity index (χ4n) is 3.08. The summed E-state index contributed by atoms with van der Waals surface area (Å²) < 4.78 is 27.1. The van der Waals surface area contributed by atoms with E-state index in [0.717, 1.165) is 28.1 Å². The number of halogens is 2. The first-order valence-corrected chi connectivity index (χ1v) is 8.18. The van der Waals surface area contributed by atoms with E-state index >= 15 is 0 Å². The number of aromatic amines is 1. The minimum absolute atomic E-state index is 0.215. The molecule has 7 heteroatoms. The summed E-state index contributed by atoms with van der Waals surface area (Å²) in [5.74, 6) is -1.28. The summed E-state index contributed by atoms with van der Waals surface area (Å²) in [6.07, 6.45) is -0.111. The van der Waals surface area contributed by atoms with Crippen LogP contribution in [0.1, 0.15) is 27.5 Å². The second-order valence-electron chi connectivity index (χ2n) is 5.77. The highest BCUT2D eigenvalue weighted by Gasteiger charge is 2.26. The summed E-state index contributed by atoms with van der Waals surface area (Å²) in [6.45, 7) is 3.25. The van der Waals surface area contributed by atoms with Crippen molar-refractivity contribution in [2.24, 2.45) is 0 Å². The van der Waals surface area contributed by atoms with E-state index < -0.39 is 17.9 Å². The first kappa shape index (κ1) is 14.7. The topological polar surface area (TPSA) is 52.1 Å². The van der Waals surface area contributed by atoms with Crippen molar-refractivity contribution in [1.82, 2.24) is 14.9 Å². The van der Waals surface area contributed by atoms with Gasteiger partial charge in [0.15, 0.2) is 0 Å². The number of aromatic nitrogens is 2. The molecule has 1 unspecified atom stereocenters. The molecule has 0 aliphatic carbocycles. The van der Waals surface area contributed by atoms with Crippen molar-refractivity contribution in [3.8, 4) is 0 Å². The summed E-state index contributed by atoms with van der Waals surface area (Å²) in [6, 6.07) is 3.69. The van der Waals surface area contributed by atoms with Gasteiger partial charge in [-0.15, -0.1) is 11.3 Å². The van der Waals surface area contributed by atoms with E-state index in [0.29, 0.717) is 24.2 Å². The molecule has 3 aromatic rings. The predicted molar refractivity (Wildman–Crippen MR) is 84.1 cm³/mol. The van der Waals surface area contributed by atoms with Gasteiger partial charge >= 0.3 is 0 Å². The Bertz CT molecular complexity index is 889. The molecule has 0 fully saturated rings. The van der Waals surface area contributed by atoms with Gasteiger partial charge in [0, 0.05) is 35.8 Å². The molecular weight excluding hydrogens is 320 g/mol. The molecular formula is C16H15F2N3OS. The Balaban J connectivity index is 1.64. The highest BCUT2D eigenvalue weighted by molar-refractivity contribution is 7.11. The number of hydrogen-bond donors (Lipinski definition) is 2. The molecule has 0 saturated heterocycles. The average Bonchev–Trinajstić information content (AvgIpc) is 3.07. The Labute approximate surface area is 135 Å². The molecule has 4 rings (SSSR count). The largest absolute Gasteiger partial charge is 0.373 e. The van der Waals surface area contributed by atoms with Gasteiger partial charge in [-0.05, 0) is 19.1 Å². The minimum atomic E-state index is -0.889. The van der Waals surface area contributed by atoms with Gasteiger partial charge in [0.05, 0.1) is 21.9 Å². The van der Waals surface area contributed by atoms with Gasteiger partial charge in [0.1, 0.15) is 17.9 Å². The SMILES string of the molecule is Cc1nc2c(s1)CN(C(O)c1cc3cc(F)cc(F)c3[nH]1)CC2. The van der Waals surface area contributed by atoms with Crippen molar-refractivity contribution in [3.05, 3.63) is 51.1 Å². The van der Waals surface area contributed by atoms with Crippen LogP contribution in [-0.4, -0.2) is 26.5 Å². The van der Waals surface area contributed by atoms with Crippen molar-refractivity contribution >= 4 is 22.2 Å². The lowest BCUT2D eigenvalue weighted by Crippen LogP contribution is -2.33. The van der Waals surface area contributed by atoms with Crippen LogP contribution >= 0.6 is 11.3 Å². The highest BCUT2D eigenvalue weighted by atomic mass is 32.1. The number of nitrogens with one attached hydrogen (secondary N) is 1. The zero-order valence-electron chi connectivity index (χ0n) is 12.4. The number of thiazole rings is 1. The van der Waals surface area contributed by atoms with Gasteiger partial charge in [-0.25, -0.2) is 13.8 Å². The lowest BCUT2D eigenvalue weighted by Gasteiger charge is -2.30. The standard InChI is InChI=1S/C16H15F2N3OS/c1-8-19-12-2-3-21(7-14(12)23-8)16(22)13-5-9-4-10(17)6-11(18)15(9)20-13/h4-6,16,20,22H,2-3,7H2,1H3. The van der Waals surface area contributed by atoms with E-state index in [2.05, 4.69) is 9.97 Å². The Morgan fingerprint density at radius 2 is 2.17 bits per heavy atom. The average molecular weight is 335 g/mol. The molecule has 1 aliphatic heterocycles. The van der Waals surface area contributed by atoms with E-state index in [9.17, 15) is 13.9 Å². The zero-order valence-corrected chi connectivity index (χ0v) is 13.3. The van der Waals surface area contributed by atoms with E-state index in [-0.39, 0.29) is 5.52 Å². The molecule has 0 amide bonds. The molecule has 0 bridgehead atoms. The summed E-state index contributed by atoms with van der Waals surface area (Å²) in [4.78, 5) is 10.4. The van der Waals surface area contributed by atoms with Crippen LogP contribution in [0.3, 0.4) is 0 Å². The van der Waals surface area contributed by atoms with Crippen LogP contribution in [0.4, 0.5) is 8.78 Å². The molecule has 0 radical (unpaired) electrons.